The van der Waals surface area contributed by atoms with Gasteiger partial charge in [-0.25, -0.2) is 8.42 Å². The van der Waals surface area contributed by atoms with Crippen molar-refractivity contribution in [2.45, 2.75) is 22.7 Å². The number of nitro groups is 1. The molecule has 0 amide bonds. The van der Waals surface area contributed by atoms with E-state index in [4.69, 9.17) is 0 Å². The number of Topliss-reactive ketones (excluding diaryl/α,β-unsaturated/α-hetero) is 1. The van der Waals surface area contributed by atoms with Gasteiger partial charge in [0.25, 0.3) is 5.69 Å². The molecule has 0 radical (unpaired) electrons. The molecule has 0 aromatic heterocycles. The Morgan fingerprint density at radius 3 is 2.10 bits per heavy atom. The van der Waals surface area contributed by atoms with E-state index < -0.39 is 31.6 Å². The highest BCUT2D eigenvalue weighted by molar-refractivity contribution is 9.09. The highest BCUT2D eigenvalue weighted by atomic mass is 79.9. The second kappa shape index (κ2) is 9.51. The third-order valence-electron chi connectivity index (χ3n) is 4.67. The summed E-state index contributed by atoms with van der Waals surface area (Å²) in [6.45, 7) is 1.84. The zero-order valence-corrected chi connectivity index (χ0v) is 18.8. The van der Waals surface area contributed by atoms with Crippen molar-refractivity contribution in [2.24, 2.45) is 0 Å². The molecule has 0 aliphatic heterocycles. The van der Waals surface area contributed by atoms with Gasteiger partial charge < -0.3 is 0 Å². The summed E-state index contributed by atoms with van der Waals surface area (Å²) in [5, 5.41) is 10.9. The van der Waals surface area contributed by atoms with Gasteiger partial charge in [0, 0.05) is 17.7 Å². The number of carbonyl (C=O) groups is 1. The molecule has 2 atom stereocenters. The molecule has 0 aliphatic carbocycles. The summed E-state index contributed by atoms with van der Waals surface area (Å²) in [5.41, 5.74) is 1.66. The minimum Gasteiger partial charge on any atom is -0.292 e. The molecule has 0 bridgehead atoms. The Morgan fingerprint density at radius 2 is 1.55 bits per heavy atom. The molecule has 0 heterocycles. The molecule has 0 aliphatic rings. The fourth-order valence-corrected chi connectivity index (χ4v) is 5.01. The fraction of sp³-hybridized carbons (Fsp3) is 0.136. The van der Waals surface area contributed by atoms with Crippen LogP contribution in [0.4, 0.5) is 5.69 Å². The first-order valence-corrected chi connectivity index (χ1v) is 11.7. The van der Waals surface area contributed by atoms with Crippen molar-refractivity contribution < 1.29 is 18.1 Å². The van der Waals surface area contributed by atoms with Gasteiger partial charge in [0.15, 0.2) is 5.78 Å². The van der Waals surface area contributed by atoms with E-state index in [0.717, 1.165) is 5.56 Å². The number of carbonyl (C=O) groups excluding carboxylic acids is 1. The summed E-state index contributed by atoms with van der Waals surface area (Å²) in [4.78, 5) is 22.9. The maximum absolute atomic E-state index is 13.2. The number of aryl methyl sites for hydroxylation is 1. The molecular formula is C22H19BrN2O5S. The SMILES string of the molecule is Cc1ccc(S(=O)(=O)N[C@@H](C(=O)c2ccccc2)[C@H](Br)c2ccc([N+](=O)[O-])cc2)cc1. The van der Waals surface area contributed by atoms with Crippen molar-refractivity contribution in [1.82, 2.24) is 4.72 Å². The molecule has 1 N–H and O–H groups in total. The highest BCUT2D eigenvalue weighted by Crippen LogP contribution is 2.31. The highest BCUT2D eigenvalue weighted by Gasteiger charge is 2.33. The number of nitrogens with one attached hydrogen (secondary N) is 1. The predicted octanol–water partition coefficient (Wildman–Crippen LogP) is 4.57. The number of nitro benzene ring substituents is 1. The number of sulfonamides is 1. The first kappa shape index (κ1) is 22.8. The van der Waals surface area contributed by atoms with E-state index in [1.807, 2.05) is 6.92 Å². The molecule has 0 saturated carbocycles. The second-order valence-electron chi connectivity index (χ2n) is 6.89. The summed E-state index contributed by atoms with van der Waals surface area (Å²) in [5.74, 6) is -0.434. The zero-order valence-electron chi connectivity index (χ0n) is 16.4. The van der Waals surface area contributed by atoms with Crippen LogP contribution >= 0.6 is 15.9 Å². The van der Waals surface area contributed by atoms with Crippen LogP contribution < -0.4 is 4.72 Å². The van der Waals surface area contributed by atoms with E-state index in [-0.39, 0.29) is 10.6 Å². The van der Waals surface area contributed by atoms with Gasteiger partial charge in [-0.3, -0.25) is 14.9 Å². The number of non-ortho nitro benzene ring substituents is 1. The summed E-state index contributed by atoms with van der Waals surface area (Å²) in [6.07, 6.45) is 0. The molecule has 3 aromatic rings. The molecule has 160 valence electrons. The zero-order chi connectivity index (χ0) is 22.6. The van der Waals surface area contributed by atoms with E-state index in [9.17, 15) is 23.3 Å². The lowest BCUT2D eigenvalue weighted by Gasteiger charge is -2.23. The molecular weight excluding hydrogens is 484 g/mol. The standard InChI is InChI=1S/C22H19BrN2O5S/c1-15-7-13-19(14-8-15)31(29,30)24-21(22(26)17-5-3-2-4-6-17)20(23)16-9-11-18(12-10-16)25(27)28/h2-14,20-21,24H,1H3/t20-,21-/m1/s1. The molecule has 3 rings (SSSR count). The number of nitrogens with zero attached hydrogens (tertiary/aromatic N) is 1. The van der Waals surface area contributed by atoms with Gasteiger partial charge in [-0.15, -0.1) is 0 Å². The molecule has 0 fully saturated rings. The Kier molecular flexibility index (Phi) is 6.99. The average Bonchev–Trinajstić information content (AvgIpc) is 2.77. The first-order chi connectivity index (χ1) is 14.7. The minimum absolute atomic E-state index is 0.0346. The van der Waals surface area contributed by atoms with Crippen LogP contribution in [0.25, 0.3) is 0 Å². The van der Waals surface area contributed by atoms with Crippen LogP contribution in [0.5, 0.6) is 0 Å². The number of alkyl halides is 1. The Labute approximate surface area is 188 Å². The molecule has 3 aromatic carbocycles. The molecule has 9 heteroatoms. The Balaban J connectivity index is 1.99. The van der Waals surface area contributed by atoms with Crippen LogP contribution in [0.2, 0.25) is 0 Å². The second-order valence-corrected chi connectivity index (χ2v) is 9.59. The van der Waals surface area contributed by atoms with Crippen LogP contribution in [0, 0.1) is 17.0 Å². The smallest absolute Gasteiger partial charge is 0.269 e. The lowest BCUT2D eigenvalue weighted by atomic mass is 9.98. The summed E-state index contributed by atoms with van der Waals surface area (Å²) in [7, 11) is -4.01. The minimum atomic E-state index is -4.01. The number of hydrogen-bond donors (Lipinski definition) is 1. The molecule has 31 heavy (non-hydrogen) atoms. The first-order valence-electron chi connectivity index (χ1n) is 9.26. The lowest BCUT2D eigenvalue weighted by molar-refractivity contribution is -0.384. The van der Waals surface area contributed by atoms with Crippen molar-refractivity contribution in [2.75, 3.05) is 0 Å². The van der Waals surface area contributed by atoms with Crippen molar-refractivity contribution >= 4 is 37.4 Å². The van der Waals surface area contributed by atoms with Crippen LogP contribution in [0.3, 0.4) is 0 Å². The Bertz CT molecular complexity index is 1180. The number of halogens is 1. The Hall–Kier alpha value is -2.88. The van der Waals surface area contributed by atoms with Crippen LogP contribution in [-0.2, 0) is 10.0 Å². The third-order valence-corrected chi connectivity index (χ3v) is 7.18. The molecule has 0 saturated heterocycles. The number of hydrogen-bond acceptors (Lipinski definition) is 5. The maximum atomic E-state index is 13.2. The van der Waals surface area contributed by atoms with Gasteiger partial charge in [-0.05, 0) is 24.6 Å². The van der Waals surface area contributed by atoms with E-state index in [2.05, 4.69) is 20.7 Å². The average molecular weight is 503 g/mol. The normalized spacial score (nSPS) is 13.4. The van der Waals surface area contributed by atoms with Crippen molar-refractivity contribution in [1.29, 1.82) is 0 Å². The quantitative estimate of drug-likeness (QED) is 0.210. The largest absolute Gasteiger partial charge is 0.292 e. The van der Waals surface area contributed by atoms with E-state index >= 15 is 0 Å². The van der Waals surface area contributed by atoms with Gasteiger partial charge in [0.1, 0.15) is 6.04 Å². The van der Waals surface area contributed by atoms with Gasteiger partial charge >= 0.3 is 0 Å². The molecule has 7 nitrogen and oxygen atoms in total. The third kappa shape index (κ3) is 5.43. The van der Waals surface area contributed by atoms with Crippen molar-refractivity contribution in [3.05, 3.63) is 106 Å². The van der Waals surface area contributed by atoms with Gasteiger partial charge in [0.2, 0.25) is 10.0 Å². The number of rotatable bonds is 8. The topological polar surface area (TPSA) is 106 Å². The molecule has 0 spiro atoms. The van der Waals surface area contributed by atoms with Crippen molar-refractivity contribution in [3.8, 4) is 0 Å². The lowest BCUT2D eigenvalue weighted by Crippen LogP contribution is -2.43. The predicted molar refractivity (Wildman–Crippen MR) is 121 cm³/mol. The van der Waals surface area contributed by atoms with E-state index in [1.54, 1.807) is 42.5 Å². The maximum Gasteiger partial charge on any atom is 0.269 e. The summed E-state index contributed by atoms with van der Waals surface area (Å²) < 4.78 is 28.5. The van der Waals surface area contributed by atoms with E-state index in [1.165, 1.54) is 36.4 Å². The summed E-state index contributed by atoms with van der Waals surface area (Å²) in [6, 6.07) is 19.0. The van der Waals surface area contributed by atoms with E-state index in [0.29, 0.717) is 11.1 Å². The van der Waals surface area contributed by atoms with Gasteiger partial charge in [-0.2, -0.15) is 4.72 Å². The van der Waals surface area contributed by atoms with Gasteiger partial charge in [-0.1, -0.05) is 76.1 Å². The van der Waals surface area contributed by atoms with Gasteiger partial charge in [0.05, 0.1) is 14.6 Å². The fourth-order valence-electron chi connectivity index (χ4n) is 2.95. The van der Waals surface area contributed by atoms with Crippen LogP contribution in [-0.4, -0.2) is 25.2 Å². The van der Waals surface area contributed by atoms with Crippen LogP contribution in [0.1, 0.15) is 26.3 Å². The Morgan fingerprint density at radius 1 is 0.968 bits per heavy atom. The number of ketones is 1. The molecule has 0 unspecified atom stereocenters. The van der Waals surface area contributed by atoms with Crippen LogP contribution in [0.15, 0.2) is 83.8 Å². The number of benzene rings is 3. The summed E-state index contributed by atoms with van der Waals surface area (Å²) >= 11 is 3.43. The monoisotopic (exact) mass is 502 g/mol. The van der Waals surface area contributed by atoms with Crippen molar-refractivity contribution in [3.63, 3.8) is 0 Å².